The number of nitrogens with one attached hydrogen (secondary N) is 1. The fraction of sp³-hybridized carbons (Fsp3) is 0.469. The summed E-state index contributed by atoms with van der Waals surface area (Å²) in [6.45, 7) is 10.1. The summed E-state index contributed by atoms with van der Waals surface area (Å²) in [6.07, 6.45) is 11.2. The number of aromatic nitrogens is 4. The number of quaternary nitrogens is 2. The van der Waals surface area contributed by atoms with Gasteiger partial charge >= 0.3 is 11.9 Å². The number of benzene rings is 1. The van der Waals surface area contributed by atoms with Gasteiger partial charge in [-0.2, -0.15) is 13.8 Å². The molecule has 0 bridgehead atoms. The third-order valence-corrected chi connectivity index (χ3v) is 9.98. The third kappa shape index (κ3) is 7.35. The van der Waals surface area contributed by atoms with Crippen LogP contribution in [0.25, 0.3) is 17.5 Å². The number of amides is 1. The van der Waals surface area contributed by atoms with Gasteiger partial charge in [0.1, 0.15) is 32.1 Å². The van der Waals surface area contributed by atoms with Gasteiger partial charge in [-0.15, -0.1) is 0 Å². The van der Waals surface area contributed by atoms with Gasteiger partial charge in [-0.1, -0.05) is 50.0 Å². The summed E-state index contributed by atoms with van der Waals surface area (Å²) in [5.74, 6) is 1.74. The van der Waals surface area contributed by atoms with Gasteiger partial charge in [-0.3, -0.25) is 0 Å². The zero-order valence-corrected chi connectivity index (χ0v) is 27.4. The summed E-state index contributed by atoms with van der Waals surface area (Å²) < 4.78 is 14.7. The van der Waals surface area contributed by atoms with E-state index in [0.717, 1.165) is 54.8 Å². The number of fused-ring (bicyclic) bond motifs is 1. The van der Waals surface area contributed by atoms with Crippen molar-refractivity contribution >= 4 is 31.9 Å². The first-order valence-corrected chi connectivity index (χ1v) is 18.8. The SMILES string of the molecule is C[n+]1cc(-c2nccnc2NC2CCC[N+](C)(C(=O)OCc3ccccc3)C2)nc2c1[N+](C)(COCC[Si](C)(C)C)C=C2. The Bertz CT molecular complexity index is 1480. The molecule has 1 fully saturated rings. The van der Waals surface area contributed by atoms with Gasteiger partial charge in [0.2, 0.25) is 11.9 Å². The topological polar surface area (TPSA) is 90.1 Å². The second kappa shape index (κ2) is 12.6. The van der Waals surface area contributed by atoms with E-state index < -0.39 is 8.07 Å². The Morgan fingerprint density at radius 1 is 1.14 bits per heavy atom. The van der Waals surface area contributed by atoms with Gasteiger partial charge in [-0.25, -0.2) is 19.4 Å². The molecule has 3 unspecified atom stereocenters. The van der Waals surface area contributed by atoms with Gasteiger partial charge < -0.3 is 14.8 Å². The minimum Gasteiger partial charge on any atom is -0.415 e. The molecule has 5 rings (SSSR count). The summed E-state index contributed by atoms with van der Waals surface area (Å²) in [5, 5.41) is 3.60. The van der Waals surface area contributed by atoms with Crippen LogP contribution in [0.3, 0.4) is 0 Å². The highest BCUT2D eigenvalue weighted by atomic mass is 28.3. The molecule has 3 atom stereocenters. The van der Waals surface area contributed by atoms with Crippen LogP contribution >= 0.6 is 0 Å². The van der Waals surface area contributed by atoms with E-state index in [9.17, 15) is 4.79 Å². The van der Waals surface area contributed by atoms with Crippen molar-refractivity contribution in [2.75, 3.05) is 45.8 Å². The molecular formula is C32H46N7O3Si+3. The van der Waals surface area contributed by atoms with E-state index in [0.29, 0.717) is 29.3 Å². The zero-order valence-electron chi connectivity index (χ0n) is 26.4. The molecule has 10 nitrogen and oxygen atoms in total. The first-order chi connectivity index (χ1) is 20.5. The molecule has 2 aromatic heterocycles. The minimum atomic E-state index is -1.15. The van der Waals surface area contributed by atoms with Crippen LogP contribution in [0.1, 0.15) is 24.1 Å². The third-order valence-electron chi connectivity index (χ3n) is 8.28. The van der Waals surface area contributed by atoms with E-state index in [-0.39, 0.29) is 23.2 Å². The Kier molecular flexibility index (Phi) is 9.07. The minimum absolute atomic E-state index is 0.0369. The van der Waals surface area contributed by atoms with E-state index in [1.807, 2.05) is 50.6 Å². The molecule has 1 saturated heterocycles. The number of anilines is 1. The van der Waals surface area contributed by atoms with E-state index in [1.54, 1.807) is 12.4 Å². The molecule has 0 aliphatic carbocycles. The lowest BCUT2D eigenvalue weighted by molar-refractivity contribution is -0.843. The maximum atomic E-state index is 13.2. The van der Waals surface area contributed by atoms with Crippen molar-refractivity contribution in [1.29, 1.82) is 0 Å². The molecule has 4 heterocycles. The molecule has 0 spiro atoms. The van der Waals surface area contributed by atoms with E-state index in [4.69, 9.17) is 14.5 Å². The largest absolute Gasteiger partial charge is 0.516 e. The summed E-state index contributed by atoms with van der Waals surface area (Å²) in [6, 6.07) is 11.0. The lowest BCUT2D eigenvalue weighted by Crippen LogP contribution is -2.58. The highest BCUT2D eigenvalue weighted by Gasteiger charge is 2.42. The highest BCUT2D eigenvalue weighted by molar-refractivity contribution is 6.76. The predicted octanol–water partition coefficient (Wildman–Crippen LogP) is 4.95. The number of likely N-dealkylation sites (N-methyl/N-ethyl adjacent to an activating group) is 1. The molecule has 2 aliphatic rings. The predicted molar refractivity (Wildman–Crippen MR) is 171 cm³/mol. The number of aryl methyl sites for hydroxylation is 1. The molecule has 1 amide bonds. The molecule has 43 heavy (non-hydrogen) atoms. The normalized spacial score (nSPS) is 23.2. The smallest absolute Gasteiger partial charge is 0.415 e. The summed E-state index contributed by atoms with van der Waals surface area (Å²) in [5.41, 5.74) is 3.31. The van der Waals surface area contributed by atoms with Crippen LogP contribution < -0.4 is 14.4 Å². The number of carbonyl (C=O) groups is 1. The molecule has 3 aromatic rings. The van der Waals surface area contributed by atoms with Crippen molar-refractivity contribution in [1.82, 2.24) is 19.4 Å². The summed E-state index contributed by atoms with van der Waals surface area (Å²) in [4.78, 5) is 27.5. The second-order valence-electron chi connectivity index (χ2n) is 13.5. The number of ether oxygens (including phenoxy) is 2. The molecule has 11 heteroatoms. The van der Waals surface area contributed by atoms with E-state index >= 15 is 0 Å². The Morgan fingerprint density at radius 3 is 2.67 bits per heavy atom. The van der Waals surface area contributed by atoms with Crippen molar-refractivity contribution in [2.45, 2.75) is 51.2 Å². The lowest BCUT2D eigenvalue weighted by atomic mass is 10.0. The fourth-order valence-corrected chi connectivity index (χ4v) is 6.62. The average Bonchev–Trinajstić information content (AvgIpc) is 3.31. The maximum absolute atomic E-state index is 13.2. The number of rotatable bonds is 10. The van der Waals surface area contributed by atoms with Crippen LogP contribution in [0.4, 0.5) is 16.4 Å². The molecular weight excluding hydrogens is 558 g/mol. The highest BCUT2D eigenvalue weighted by Crippen LogP contribution is 2.32. The fourth-order valence-electron chi connectivity index (χ4n) is 5.86. The molecule has 2 aliphatic heterocycles. The Labute approximate surface area is 256 Å². The Hall–Kier alpha value is -3.51. The van der Waals surface area contributed by atoms with Crippen molar-refractivity contribution in [2.24, 2.45) is 7.05 Å². The maximum Gasteiger partial charge on any atom is 0.516 e. The van der Waals surface area contributed by atoms with E-state index in [2.05, 4.69) is 58.8 Å². The quantitative estimate of drug-likeness (QED) is 0.152. The second-order valence-corrected chi connectivity index (χ2v) is 19.1. The summed E-state index contributed by atoms with van der Waals surface area (Å²) in [7, 11) is 5.00. The van der Waals surface area contributed by atoms with Crippen LogP contribution in [0.5, 0.6) is 0 Å². The average molecular weight is 605 g/mol. The molecule has 228 valence electrons. The van der Waals surface area contributed by atoms with Crippen molar-refractivity contribution in [3.63, 3.8) is 0 Å². The van der Waals surface area contributed by atoms with Crippen LogP contribution in [0.15, 0.2) is 55.1 Å². The monoisotopic (exact) mass is 604 g/mol. The number of hydrogen-bond donors (Lipinski definition) is 1. The molecule has 0 saturated carbocycles. The lowest BCUT2D eigenvalue weighted by Gasteiger charge is -2.38. The standard InChI is InChI=1S/C32H46N7O3Si/c1-37-21-28(36-27-14-18-39(3,31(27)37)24-41-19-20-43(4,5)6)29-30(34-16-15-33-29)35-26-13-10-17-38(2,22-26)32(40)42-23-25-11-8-7-9-12-25/h7-9,11-12,14-16,18,21,26H,10,13,17,19-20,22-24H2,1-6H3,(H,34,35)/q+3. The van der Waals surface area contributed by atoms with Crippen molar-refractivity contribution < 1.29 is 23.3 Å². The number of nitrogens with zero attached hydrogens (tertiary/aromatic N) is 6. The van der Waals surface area contributed by atoms with Crippen molar-refractivity contribution in [3.05, 3.63) is 66.4 Å². The molecule has 0 radical (unpaired) electrons. The zero-order chi connectivity index (χ0) is 30.7. The van der Waals surface area contributed by atoms with Crippen LogP contribution in [-0.4, -0.2) is 80.2 Å². The molecule has 1 N–H and O–H groups in total. The van der Waals surface area contributed by atoms with Crippen LogP contribution in [0.2, 0.25) is 25.7 Å². The number of piperidine rings is 1. The van der Waals surface area contributed by atoms with Crippen molar-refractivity contribution in [3.8, 4) is 11.4 Å². The number of hydrogen-bond acceptors (Lipinski definition) is 7. The van der Waals surface area contributed by atoms with Gasteiger partial charge in [0.25, 0.3) is 0 Å². The van der Waals surface area contributed by atoms with Gasteiger partial charge in [-0.05, 0) is 24.4 Å². The number of carbonyl (C=O) groups excluding carboxylic acids is 1. The summed E-state index contributed by atoms with van der Waals surface area (Å²) >= 11 is 0. The molecule has 1 aromatic carbocycles. The van der Waals surface area contributed by atoms with Crippen LogP contribution in [-0.2, 0) is 23.1 Å². The first-order valence-electron chi connectivity index (χ1n) is 15.1. The number of likely N-dealkylation sites (tertiary alicyclic amines) is 1. The first kappa shape index (κ1) is 30.9. The van der Waals surface area contributed by atoms with E-state index in [1.165, 1.54) is 0 Å². The van der Waals surface area contributed by atoms with Gasteiger partial charge in [0.15, 0.2) is 18.2 Å². The van der Waals surface area contributed by atoms with Gasteiger partial charge in [0.05, 0.1) is 33.3 Å². The van der Waals surface area contributed by atoms with Gasteiger partial charge in [0, 0.05) is 26.5 Å². The Balaban J connectivity index is 1.28. The van der Waals surface area contributed by atoms with Crippen LogP contribution in [0, 0.1) is 0 Å². The Morgan fingerprint density at radius 2 is 1.91 bits per heavy atom.